The zero-order chi connectivity index (χ0) is 13.7. The van der Waals surface area contributed by atoms with Crippen molar-refractivity contribution in [3.05, 3.63) is 23.3 Å². The number of alkyl halides is 1. The molecule has 1 aromatic rings. The molecule has 4 heteroatoms. The van der Waals surface area contributed by atoms with Crippen molar-refractivity contribution in [1.82, 2.24) is 5.32 Å². The number of hydrogen-bond donors (Lipinski definition) is 1. The molecule has 1 atom stereocenters. The van der Waals surface area contributed by atoms with E-state index in [0.717, 1.165) is 24.3 Å². The molecule has 1 aliphatic heterocycles. The summed E-state index contributed by atoms with van der Waals surface area (Å²) in [6.07, 6.45) is 4.58. The van der Waals surface area contributed by atoms with Crippen molar-refractivity contribution >= 4 is 0 Å². The number of piperidine rings is 1. The number of benzene rings is 1. The zero-order valence-corrected chi connectivity index (χ0v) is 11.7. The van der Waals surface area contributed by atoms with Crippen LogP contribution in [-0.2, 0) is 13.1 Å². The van der Waals surface area contributed by atoms with E-state index < -0.39 is 6.67 Å². The van der Waals surface area contributed by atoms with Gasteiger partial charge in [0.2, 0.25) is 0 Å². The van der Waals surface area contributed by atoms with Gasteiger partial charge < -0.3 is 14.8 Å². The Kier molecular flexibility index (Phi) is 5.02. The van der Waals surface area contributed by atoms with Crippen LogP contribution in [0, 0.1) is 0 Å². The van der Waals surface area contributed by atoms with Crippen molar-refractivity contribution in [2.75, 3.05) is 20.8 Å². The van der Waals surface area contributed by atoms with Crippen LogP contribution < -0.4 is 14.8 Å². The fraction of sp³-hybridized carbons (Fsp3) is 0.600. The van der Waals surface area contributed by atoms with Crippen molar-refractivity contribution in [3.63, 3.8) is 0 Å². The van der Waals surface area contributed by atoms with Gasteiger partial charge in [0, 0.05) is 11.6 Å². The van der Waals surface area contributed by atoms with Gasteiger partial charge in [-0.2, -0.15) is 0 Å². The Morgan fingerprint density at radius 1 is 1.16 bits per heavy atom. The molecular weight excluding hydrogens is 245 g/mol. The molecule has 0 saturated carbocycles. The summed E-state index contributed by atoms with van der Waals surface area (Å²) in [5.74, 6) is 1.36. The molecular formula is C15H22FNO2. The summed E-state index contributed by atoms with van der Waals surface area (Å²) in [5.41, 5.74) is 1.62. The van der Waals surface area contributed by atoms with Gasteiger partial charge in [0.25, 0.3) is 0 Å². The fourth-order valence-corrected chi connectivity index (χ4v) is 2.65. The minimum atomic E-state index is -0.540. The minimum absolute atomic E-state index is 0.476. The summed E-state index contributed by atoms with van der Waals surface area (Å²) in [6.45, 7) is 0.536. The maximum absolute atomic E-state index is 12.9. The second kappa shape index (κ2) is 6.75. The molecule has 1 heterocycles. The van der Waals surface area contributed by atoms with Crippen LogP contribution in [0.1, 0.15) is 30.4 Å². The normalized spacial score (nSPS) is 19.2. The first-order chi connectivity index (χ1) is 9.28. The van der Waals surface area contributed by atoms with Gasteiger partial charge in [-0.1, -0.05) is 6.42 Å². The number of rotatable bonds is 5. The highest BCUT2D eigenvalue weighted by molar-refractivity contribution is 5.46. The molecule has 1 aromatic carbocycles. The van der Waals surface area contributed by atoms with Gasteiger partial charge in [-0.3, -0.25) is 0 Å². The van der Waals surface area contributed by atoms with E-state index in [1.54, 1.807) is 20.3 Å². The molecule has 1 aliphatic rings. The molecule has 1 fully saturated rings. The third kappa shape index (κ3) is 3.38. The molecule has 1 saturated heterocycles. The number of hydrogen-bond acceptors (Lipinski definition) is 3. The number of halogens is 1. The molecule has 2 rings (SSSR count). The van der Waals surface area contributed by atoms with E-state index in [9.17, 15) is 4.39 Å². The van der Waals surface area contributed by atoms with Crippen molar-refractivity contribution < 1.29 is 13.9 Å². The molecule has 3 nitrogen and oxygen atoms in total. The monoisotopic (exact) mass is 267 g/mol. The van der Waals surface area contributed by atoms with Crippen molar-refractivity contribution in [3.8, 4) is 11.5 Å². The SMILES string of the molecule is COc1cc(CC2CCCCN2)c(OC)cc1CF. The largest absolute Gasteiger partial charge is 0.496 e. The third-order valence-corrected chi connectivity index (χ3v) is 3.71. The minimum Gasteiger partial charge on any atom is -0.496 e. The Bertz CT molecular complexity index is 417. The summed E-state index contributed by atoms with van der Waals surface area (Å²) in [4.78, 5) is 0. The second-order valence-electron chi connectivity index (χ2n) is 4.96. The van der Waals surface area contributed by atoms with Crippen molar-refractivity contribution in [1.29, 1.82) is 0 Å². The summed E-state index contributed by atoms with van der Waals surface area (Å²) in [6, 6.07) is 4.13. The van der Waals surface area contributed by atoms with Gasteiger partial charge in [0.05, 0.1) is 14.2 Å². The maximum atomic E-state index is 12.9. The smallest absolute Gasteiger partial charge is 0.125 e. The van der Waals surface area contributed by atoms with Crippen LogP contribution in [0.15, 0.2) is 12.1 Å². The zero-order valence-electron chi connectivity index (χ0n) is 11.7. The molecule has 19 heavy (non-hydrogen) atoms. The van der Waals surface area contributed by atoms with E-state index in [0.29, 0.717) is 17.4 Å². The van der Waals surface area contributed by atoms with Gasteiger partial charge in [-0.15, -0.1) is 0 Å². The highest BCUT2D eigenvalue weighted by Crippen LogP contribution is 2.31. The molecule has 1 unspecified atom stereocenters. The second-order valence-corrected chi connectivity index (χ2v) is 4.96. The lowest BCUT2D eigenvalue weighted by Crippen LogP contribution is -2.35. The van der Waals surface area contributed by atoms with E-state index in [2.05, 4.69) is 5.32 Å². The van der Waals surface area contributed by atoms with Gasteiger partial charge in [0.15, 0.2) is 0 Å². The average molecular weight is 267 g/mol. The van der Waals surface area contributed by atoms with Crippen LogP contribution in [-0.4, -0.2) is 26.8 Å². The number of methoxy groups -OCH3 is 2. The Morgan fingerprint density at radius 3 is 2.42 bits per heavy atom. The average Bonchev–Trinajstić information content (AvgIpc) is 2.47. The lowest BCUT2D eigenvalue weighted by atomic mass is 9.96. The van der Waals surface area contributed by atoms with E-state index in [1.807, 2.05) is 6.07 Å². The lowest BCUT2D eigenvalue weighted by Gasteiger charge is -2.24. The van der Waals surface area contributed by atoms with Gasteiger partial charge in [-0.05, 0) is 43.5 Å². The van der Waals surface area contributed by atoms with Crippen LogP contribution in [0.4, 0.5) is 4.39 Å². The van der Waals surface area contributed by atoms with E-state index >= 15 is 0 Å². The Balaban J connectivity index is 2.21. The summed E-state index contributed by atoms with van der Waals surface area (Å²) < 4.78 is 23.6. The maximum Gasteiger partial charge on any atom is 0.125 e. The van der Waals surface area contributed by atoms with Gasteiger partial charge >= 0.3 is 0 Å². The Morgan fingerprint density at radius 2 is 1.84 bits per heavy atom. The third-order valence-electron chi connectivity index (χ3n) is 3.71. The molecule has 106 valence electrons. The quantitative estimate of drug-likeness (QED) is 0.890. The van der Waals surface area contributed by atoms with Crippen molar-refractivity contribution in [2.24, 2.45) is 0 Å². The van der Waals surface area contributed by atoms with Crippen LogP contribution in [0.3, 0.4) is 0 Å². The molecule has 1 N–H and O–H groups in total. The molecule has 0 spiro atoms. The number of ether oxygens (including phenoxy) is 2. The molecule has 0 aliphatic carbocycles. The van der Waals surface area contributed by atoms with Crippen LogP contribution in [0.5, 0.6) is 11.5 Å². The topological polar surface area (TPSA) is 30.5 Å². The van der Waals surface area contributed by atoms with Crippen LogP contribution >= 0.6 is 0 Å². The summed E-state index contributed by atoms with van der Waals surface area (Å²) in [7, 11) is 3.20. The molecule has 0 radical (unpaired) electrons. The fourth-order valence-electron chi connectivity index (χ4n) is 2.65. The van der Waals surface area contributed by atoms with E-state index in [-0.39, 0.29) is 0 Å². The Labute approximate surface area is 114 Å². The van der Waals surface area contributed by atoms with Crippen LogP contribution in [0.2, 0.25) is 0 Å². The van der Waals surface area contributed by atoms with Gasteiger partial charge in [-0.25, -0.2) is 4.39 Å². The lowest BCUT2D eigenvalue weighted by molar-refractivity contribution is 0.370. The molecule has 0 bridgehead atoms. The van der Waals surface area contributed by atoms with Crippen molar-refractivity contribution in [2.45, 2.75) is 38.4 Å². The first kappa shape index (κ1) is 14.1. The molecule has 0 aromatic heterocycles. The van der Waals surface area contributed by atoms with E-state index in [4.69, 9.17) is 9.47 Å². The summed E-state index contributed by atoms with van der Waals surface area (Å²) in [5, 5.41) is 3.51. The highest BCUT2D eigenvalue weighted by atomic mass is 19.1. The molecule has 0 amide bonds. The first-order valence-corrected chi connectivity index (χ1v) is 6.81. The van der Waals surface area contributed by atoms with Gasteiger partial charge in [0.1, 0.15) is 18.2 Å². The predicted octanol–water partition coefficient (Wildman–Crippen LogP) is 2.86. The first-order valence-electron chi connectivity index (χ1n) is 6.81. The predicted molar refractivity (Wildman–Crippen MR) is 73.7 cm³/mol. The Hall–Kier alpha value is -1.29. The standard InChI is InChI=1S/C15H22FNO2/c1-18-14-9-12(10-16)15(19-2)8-11(14)7-13-5-3-4-6-17-13/h8-9,13,17H,3-7,10H2,1-2H3. The van der Waals surface area contributed by atoms with E-state index in [1.165, 1.54) is 19.3 Å². The van der Waals surface area contributed by atoms with Crippen LogP contribution in [0.25, 0.3) is 0 Å². The highest BCUT2D eigenvalue weighted by Gasteiger charge is 2.17. The summed E-state index contributed by atoms with van der Waals surface area (Å²) >= 11 is 0. The number of nitrogens with one attached hydrogen (secondary N) is 1.